The first-order valence-corrected chi connectivity index (χ1v) is 10.3. The van der Waals surface area contributed by atoms with Crippen LogP contribution in [0, 0.1) is 0 Å². The van der Waals surface area contributed by atoms with Crippen molar-refractivity contribution in [2.45, 2.75) is 6.10 Å². The van der Waals surface area contributed by atoms with Gasteiger partial charge in [-0.05, 0) is 29.3 Å². The highest BCUT2D eigenvalue weighted by Gasteiger charge is 2.18. The minimum absolute atomic E-state index is 0.0577. The number of hydrogen-bond donors (Lipinski definition) is 1. The summed E-state index contributed by atoms with van der Waals surface area (Å²) in [6, 6.07) is 28.6. The molecule has 2 aromatic heterocycles. The van der Waals surface area contributed by atoms with E-state index in [0.29, 0.717) is 22.6 Å². The zero-order valence-corrected chi connectivity index (χ0v) is 17.4. The van der Waals surface area contributed by atoms with Crippen LogP contribution in [0.4, 0.5) is 0 Å². The number of fused-ring (bicyclic) bond motifs is 1. The molecule has 6 heteroatoms. The molecule has 3 aromatic carbocycles. The molecule has 0 bridgehead atoms. The Hall–Kier alpha value is -4.32. The summed E-state index contributed by atoms with van der Waals surface area (Å²) in [5, 5.41) is 10.2. The highest BCUT2D eigenvalue weighted by Crippen LogP contribution is 2.29. The van der Waals surface area contributed by atoms with Crippen LogP contribution in [0.3, 0.4) is 0 Å². The van der Waals surface area contributed by atoms with Gasteiger partial charge >= 0.3 is 5.69 Å². The van der Waals surface area contributed by atoms with E-state index in [9.17, 15) is 9.90 Å². The summed E-state index contributed by atoms with van der Waals surface area (Å²) in [4.78, 5) is 17.3. The molecule has 5 rings (SSSR count). The lowest BCUT2D eigenvalue weighted by Crippen LogP contribution is -2.21. The monoisotopic (exact) mass is 423 g/mol. The first kappa shape index (κ1) is 19.6. The summed E-state index contributed by atoms with van der Waals surface area (Å²) in [5.41, 5.74) is 3.46. The molecule has 32 heavy (non-hydrogen) atoms. The molecule has 5 aromatic rings. The Balaban J connectivity index is 1.52. The number of aryl methyl sites for hydroxylation is 1. The number of aromatic hydroxyl groups is 1. The van der Waals surface area contributed by atoms with Crippen molar-refractivity contribution in [3.63, 3.8) is 0 Å². The number of rotatable bonds is 5. The van der Waals surface area contributed by atoms with Gasteiger partial charge < -0.3 is 9.84 Å². The van der Waals surface area contributed by atoms with Crippen LogP contribution in [0.15, 0.2) is 102 Å². The summed E-state index contributed by atoms with van der Waals surface area (Å²) in [7, 11) is 1.64. The number of phenols is 1. The van der Waals surface area contributed by atoms with E-state index in [0.717, 1.165) is 11.1 Å². The predicted octanol–water partition coefficient (Wildman–Crippen LogP) is 4.60. The van der Waals surface area contributed by atoms with Gasteiger partial charge in [0.2, 0.25) is 5.88 Å². The van der Waals surface area contributed by atoms with Crippen LogP contribution in [-0.2, 0) is 7.05 Å². The number of nitrogens with zero attached hydrogens (tertiary/aromatic N) is 3. The number of hydrogen-bond acceptors (Lipinski definition) is 4. The molecule has 0 aliphatic carbocycles. The Labute approximate surface area is 184 Å². The maximum atomic E-state index is 12.8. The average molecular weight is 423 g/mol. The normalized spacial score (nSPS) is 11.2. The quantitative estimate of drug-likeness (QED) is 0.449. The second-order valence-electron chi connectivity index (χ2n) is 7.50. The SMILES string of the molecule is Cn1c(=O)n(-c2ccc(OC(c3ccccc3)c3ccccc3)nc2)c2cccc(O)c21. The minimum atomic E-state index is -0.312. The molecule has 0 aliphatic heterocycles. The van der Waals surface area contributed by atoms with E-state index in [4.69, 9.17) is 4.74 Å². The molecule has 0 atom stereocenters. The summed E-state index contributed by atoms with van der Waals surface area (Å²) < 4.78 is 9.23. The molecular weight excluding hydrogens is 402 g/mol. The highest BCUT2D eigenvalue weighted by molar-refractivity contribution is 5.83. The number of aromatic nitrogens is 3. The van der Waals surface area contributed by atoms with Crippen molar-refractivity contribution in [3.8, 4) is 17.3 Å². The molecule has 0 unspecified atom stereocenters. The van der Waals surface area contributed by atoms with Crippen LogP contribution in [0.25, 0.3) is 16.7 Å². The van der Waals surface area contributed by atoms with E-state index in [-0.39, 0.29) is 17.5 Å². The van der Waals surface area contributed by atoms with Gasteiger partial charge in [0.1, 0.15) is 11.3 Å². The molecule has 0 aliphatic rings. The van der Waals surface area contributed by atoms with Crippen molar-refractivity contribution in [3.05, 3.63) is 119 Å². The van der Waals surface area contributed by atoms with Gasteiger partial charge in [-0.25, -0.2) is 9.78 Å². The fourth-order valence-electron chi connectivity index (χ4n) is 3.92. The van der Waals surface area contributed by atoms with E-state index < -0.39 is 0 Å². The summed E-state index contributed by atoms with van der Waals surface area (Å²) in [5.74, 6) is 0.505. The molecule has 0 fully saturated rings. The number of imidazole rings is 1. The second kappa shape index (κ2) is 8.07. The summed E-state index contributed by atoms with van der Waals surface area (Å²) in [6.45, 7) is 0. The topological polar surface area (TPSA) is 69.3 Å². The Morgan fingerprint density at radius 2 is 1.50 bits per heavy atom. The van der Waals surface area contributed by atoms with E-state index in [1.807, 2.05) is 60.7 Å². The van der Waals surface area contributed by atoms with Gasteiger partial charge in [-0.15, -0.1) is 0 Å². The third kappa shape index (κ3) is 3.41. The fourth-order valence-corrected chi connectivity index (χ4v) is 3.92. The van der Waals surface area contributed by atoms with Gasteiger partial charge in [0.05, 0.1) is 17.4 Å². The average Bonchev–Trinajstić information content (AvgIpc) is 3.10. The van der Waals surface area contributed by atoms with Crippen LogP contribution in [0.2, 0.25) is 0 Å². The van der Waals surface area contributed by atoms with E-state index in [1.165, 1.54) is 9.13 Å². The first-order valence-electron chi connectivity index (χ1n) is 10.3. The smallest absolute Gasteiger partial charge is 0.333 e. The maximum Gasteiger partial charge on any atom is 0.333 e. The predicted molar refractivity (Wildman–Crippen MR) is 123 cm³/mol. The van der Waals surface area contributed by atoms with Gasteiger partial charge in [-0.2, -0.15) is 0 Å². The fraction of sp³-hybridized carbons (Fsp3) is 0.0769. The lowest BCUT2D eigenvalue weighted by atomic mass is 10.0. The Bertz CT molecular complexity index is 1380. The maximum absolute atomic E-state index is 12.8. The Morgan fingerprint density at radius 1 is 0.844 bits per heavy atom. The van der Waals surface area contributed by atoms with Gasteiger partial charge in [-0.3, -0.25) is 9.13 Å². The van der Waals surface area contributed by atoms with Crippen LogP contribution >= 0.6 is 0 Å². The molecule has 158 valence electrons. The van der Waals surface area contributed by atoms with Crippen molar-refractivity contribution in [1.82, 2.24) is 14.1 Å². The highest BCUT2D eigenvalue weighted by atomic mass is 16.5. The third-order valence-electron chi connectivity index (χ3n) is 5.47. The van der Waals surface area contributed by atoms with E-state index in [2.05, 4.69) is 4.98 Å². The van der Waals surface area contributed by atoms with Crippen molar-refractivity contribution < 1.29 is 9.84 Å². The molecule has 0 saturated carbocycles. The summed E-state index contributed by atoms with van der Waals surface area (Å²) in [6.07, 6.45) is 1.29. The second-order valence-corrected chi connectivity index (χ2v) is 7.50. The molecular formula is C26H21N3O3. The van der Waals surface area contributed by atoms with Crippen molar-refractivity contribution >= 4 is 11.0 Å². The van der Waals surface area contributed by atoms with Crippen molar-refractivity contribution in [1.29, 1.82) is 0 Å². The molecule has 2 heterocycles. The molecule has 0 saturated heterocycles. The lowest BCUT2D eigenvalue weighted by Gasteiger charge is -2.19. The van der Waals surface area contributed by atoms with E-state index >= 15 is 0 Å². The van der Waals surface area contributed by atoms with E-state index in [1.54, 1.807) is 43.6 Å². The van der Waals surface area contributed by atoms with Crippen molar-refractivity contribution in [2.75, 3.05) is 0 Å². The first-order chi connectivity index (χ1) is 15.6. The van der Waals surface area contributed by atoms with Gasteiger partial charge in [0, 0.05) is 13.1 Å². The van der Waals surface area contributed by atoms with Crippen LogP contribution in [0.5, 0.6) is 11.6 Å². The molecule has 0 radical (unpaired) electrons. The number of ether oxygens (including phenoxy) is 1. The van der Waals surface area contributed by atoms with Gasteiger partial charge in [0.25, 0.3) is 0 Å². The van der Waals surface area contributed by atoms with Crippen LogP contribution < -0.4 is 10.4 Å². The number of pyridine rings is 1. The molecule has 0 amide bonds. The molecule has 0 spiro atoms. The van der Waals surface area contributed by atoms with Gasteiger partial charge in [0.15, 0.2) is 6.10 Å². The Morgan fingerprint density at radius 3 is 2.09 bits per heavy atom. The van der Waals surface area contributed by atoms with Crippen LogP contribution in [-0.4, -0.2) is 19.2 Å². The largest absolute Gasteiger partial charge is 0.506 e. The standard InChI is InChI=1S/C26H21N3O3/c1-28-24-21(13-8-14-22(24)30)29(26(28)31)20-15-16-23(27-17-20)32-25(18-9-4-2-5-10-18)19-11-6-3-7-12-19/h2-17,25,30H,1H3. The lowest BCUT2D eigenvalue weighted by molar-refractivity contribution is 0.237. The van der Waals surface area contributed by atoms with Crippen LogP contribution in [0.1, 0.15) is 17.2 Å². The zero-order valence-electron chi connectivity index (χ0n) is 17.4. The number of benzene rings is 3. The van der Waals surface area contributed by atoms with Crippen molar-refractivity contribution in [2.24, 2.45) is 7.05 Å². The van der Waals surface area contributed by atoms with Gasteiger partial charge in [-0.1, -0.05) is 66.7 Å². The summed E-state index contributed by atoms with van der Waals surface area (Å²) >= 11 is 0. The number of para-hydroxylation sites is 1. The minimum Gasteiger partial charge on any atom is -0.506 e. The molecule has 1 N–H and O–H groups in total. The number of phenolic OH excluding ortho intramolecular Hbond substituents is 1. The Kier molecular flexibility index (Phi) is 4.95. The molecule has 6 nitrogen and oxygen atoms in total. The zero-order chi connectivity index (χ0) is 22.1. The third-order valence-corrected chi connectivity index (χ3v) is 5.47.